The fraction of sp³-hybridized carbons (Fsp3) is 0.902. The number of likely N-dealkylation sites (N-methyl/N-ethyl adjacent to an activating group) is 1. The van der Waals surface area contributed by atoms with E-state index in [9.17, 15) is 19.0 Å². The molecule has 0 amide bonds. The van der Waals surface area contributed by atoms with Crippen LogP contribution < -0.4 is 0 Å². The smallest absolute Gasteiger partial charge is 0.462 e. The Bertz CT molecular complexity index is 891. The zero-order valence-corrected chi connectivity index (χ0v) is 34.7. The number of carbonyl (C=O) groups excluding carboxylic acids is 2. The number of carbonyl (C=O) groups is 2. The Morgan fingerprint density at radius 3 is 1.45 bits per heavy atom. The molecule has 0 saturated heterocycles. The van der Waals surface area contributed by atoms with Crippen LogP contribution in [0.2, 0.25) is 0 Å². The molecule has 9 nitrogen and oxygen atoms in total. The lowest BCUT2D eigenvalue weighted by Crippen LogP contribution is -2.37. The van der Waals surface area contributed by atoms with Crippen molar-refractivity contribution >= 4 is 19.8 Å². The Kier molecular flexibility index (Phi) is 33.7. The van der Waals surface area contributed by atoms with Crippen molar-refractivity contribution in [2.75, 3.05) is 47.5 Å². The molecular formula is C41H81NO8P+. The molecule has 0 radical (unpaired) electrons. The Labute approximate surface area is 314 Å². The summed E-state index contributed by atoms with van der Waals surface area (Å²) in [6, 6.07) is 0. The van der Waals surface area contributed by atoms with Crippen molar-refractivity contribution in [2.24, 2.45) is 0 Å². The van der Waals surface area contributed by atoms with Gasteiger partial charge in [-0.15, -0.1) is 0 Å². The number of phosphoric ester groups is 1. The first-order chi connectivity index (χ1) is 24.5. The molecule has 0 heterocycles. The quantitative estimate of drug-likeness (QED) is 0.0219. The van der Waals surface area contributed by atoms with Crippen LogP contribution in [-0.2, 0) is 32.7 Å². The van der Waals surface area contributed by atoms with E-state index in [0.29, 0.717) is 23.9 Å². The molecule has 10 heteroatoms. The lowest BCUT2D eigenvalue weighted by molar-refractivity contribution is -0.870. The van der Waals surface area contributed by atoms with Gasteiger partial charge in [0.15, 0.2) is 6.10 Å². The lowest BCUT2D eigenvalue weighted by Gasteiger charge is -2.24. The highest BCUT2D eigenvalue weighted by Crippen LogP contribution is 2.43. The van der Waals surface area contributed by atoms with Gasteiger partial charge < -0.3 is 18.9 Å². The van der Waals surface area contributed by atoms with Gasteiger partial charge in [0.1, 0.15) is 19.8 Å². The van der Waals surface area contributed by atoms with Gasteiger partial charge in [-0.1, -0.05) is 148 Å². The molecule has 51 heavy (non-hydrogen) atoms. The van der Waals surface area contributed by atoms with Crippen LogP contribution in [0, 0.1) is 0 Å². The molecule has 0 aliphatic rings. The largest absolute Gasteiger partial charge is 0.472 e. The highest BCUT2D eigenvalue weighted by molar-refractivity contribution is 7.47. The van der Waals surface area contributed by atoms with Gasteiger partial charge in [-0.25, -0.2) is 4.57 Å². The number of hydrogen-bond donors (Lipinski definition) is 1. The van der Waals surface area contributed by atoms with E-state index in [1.165, 1.54) is 109 Å². The Balaban J connectivity index is 4.35. The van der Waals surface area contributed by atoms with Gasteiger partial charge in [-0.3, -0.25) is 18.6 Å². The number of phosphoric acid groups is 1. The van der Waals surface area contributed by atoms with E-state index in [1.807, 2.05) is 21.1 Å². The number of esters is 2. The van der Waals surface area contributed by atoms with Crippen molar-refractivity contribution in [3.05, 3.63) is 12.2 Å². The van der Waals surface area contributed by atoms with Gasteiger partial charge >= 0.3 is 19.8 Å². The molecule has 0 saturated carbocycles. The zero-order chi connectivity index (χ0) is 37.9. The fourth-order valence-electron chi connectivity index (χ4n) is 5.71. The number of unbranched alkanes of at least 4 members (excludes halogenated alkanes) is 22. The molecule has 1 unspecified atom stereocenters. The summed E-state index contributed by atoms with van der Waals surface area (Å²) in [6.45, 7) is 4.41. The summed E-state index contributed by atoms with van der Waals surface area (Å²) >= 11 is 0. The average Bonchev–Trinajstić information content (AvgIpc) is 3.07. The Morgan fingerprint density at radius 2 is 1.00 bits per heavy atom. The summed E-state index contributed by atoms with van der Waals surface area (Å²) in [6.07, 6.45) is 34.0. The van der Waals surface area contributed by atoms with Crippen molar-refractivity contribution in [1.29, 1.82) is 0 Å². The van der Waals surface area contributed by atoms with Crippen LogP contribution in [0.5, 0.6) is 0 Å². The van der Waals surface area contributed by atoms with Crippen molar-refractivity contribution in [2.45, 2.75) is 193 Å². The summed E-state index contributed by atoms with van der Waals surface area (Å²) in [5.41, 5.74) is 0. The van der Waals surface area contributed by atoms with Crippen molar-refractivity contribution in [3.63, 3.8) is 0 Å². The highest BCUT2D eigenvalue weighted by Gasteiger charge is 2.27. The monoisotopic (exact) mass is 747 g/mol. The summed E-state index contributed by atoms with van der Waals surface area (Å²) < 4.78 is 34.2. The van der Waals surface area contributed by atoms with E-state index in [-0.39, 0.29) is 25.6 Å². The summed E-state index contributed by atoms with van der Waals surface area (Å²) in [4.78, 5) is 35.2. The number of rotatable bonds is 38. The van der Waals surface area contributed by atoms with E-state index in [1.54, 1.807) is 0 Å². The van der Waals surface area contributed by atoms with Gasteiger partial charge in [0.2, 0.25) is 0 Å². The van der Waals surface area contributed by atoms with E-state index in [0.717, 1.165) is 44.9 Å². The Hall–Kier alpha value is -1.25. The van der Waals surface area contributed by atoms with Crippen LogP contribution in [-0.4, -0.2) is 74.9 Å². The van der Waals surface area contributed by atoms with Crippen molar-refractivity contribution < 1.29 is 42.1 Å². The average molecular weight is 747 g/mol. The first kappa shape index (κ1) is 49.8. The maximum absolute atomic E-state index is 12.6. The molecule has 302 valence electrons. The lowest BCUT2D eigenvalue weighted by atomic mass is 10.1. The summed E-state index contributed by atoms with van der Waals surface area (Å²) in [5, 5.41) is 0. The molecule has 2 atom stereocenters. The van der Waals surface area contributed by atoms with E-state index in [2.05, 4.69) is 26.0 Å². The van der Waals surface area contributed by atoms with Gasteiger partial charge in [-0.05, 0) is 38.5 Å². The van der Waals surface area contributed by atoms with Crippen LogP contribution >= 0.6 is 7.82 Å². The highest BCUT2D eigenvalue weighted by atomic mass is 31.2. The van der Waals surface area contributed by atoms with Gasteiger partial charge in [0, 0.05) is 12.8 Å². The van der Waals surface area contributed by atoms with Crippen LogP contribution in [0.25, 0.3) is 0 Å². The van der Waals surface area contributed by atoms with Crippen LogP contribution in [0.15, 0.2) is 12.2 Å². The maximum Gasteiger partial charge on any atom is 0.472 e. The summed E-state index contributed by atoms with van der Waals surface area (Å²) in [5.74, 6) is -0.799. The standard InChI is InChI=1S/C41H80NO8P/c1-6-8-10-12-14-16-18-19-20-21-22-23-24-26-28-30-32-34-41(44)50-39(38-49-51(45,46)48-36-35-42(3,4)5)37-47-40(43)33-31-29-27-25-17-15-13-11-9-7-2/h19-20,39H,6-18,21-38H2,1-5H3/p+1/b20-19+/t39-/m1/s1. The second-order valence-corrected chi connectivity index (χ2v) is 16.8. The molecule has 0 aromatic heterocycles. The third-order valence-electron chi connectivity index (χ3n) is 9.05. The molecule has 0 aromatic rings. The molecule has 1 N–H and O–H groups in total. The number of allylic oxidation sites excluding steroid dienone is 2. The van der Waals surface area contributed by atoms with E-state index < -0.39 is 26.5 Å². The molecule has 0 aliphatic carbocycles. The molecule has 0 rings (SSSR count). The van der Waals surface area contributed by atoms with Gasteiger partial charge in [-0.2, -0.15) is 0 Å². The minimum Gasteiger partial charge on any atom is -0.462 e. The molecule has 0 bridgehead atoms. The van der Waals surface area contributed by atoms with Crippen molar-refractivity contribution in [3.8, 4) is 0 Å². The van der Waals surface area contributed by atoms with Crippen LogP contribution in [0.4, 0.5) is 0 Å². The Morgan fingerprint density at radius 1 is 0.588 bits per heavy atom. The molecule has 0 aliphatic heterocycles. The van der Waals surface area contributed by atoms with Crippen molar-refractivity contribution in [1.82, 2.24) is 0 Å². The number of hydrogen-bond acceptors (Lipinski definition) is 7. The number of nitrogens with zero attached hydrogens (tertiary/aromatic N) is 1. The van der Waals surface area contributed by atoms with Gasteiger partial charge in [0.25, 0.3) is 0 Å². The van der Waals surface area contributed by atoms with E-state index >= 15 is 0 Å². The van der Waals surface area contributed by atoms with Crippen LogP contribution in [0.1, 0.15) is 187 Å². The zero-order valence-electron chi connectivity index (χ0n) is 33.9. The SMILES string of the molecule is CCCCCCCC/C=C/CCCCCCCCCC(=O)O[C@H](COC(=O)CCCCCCCCCCCC)COP(=O)(O)OCC[N+](C)(C)C. The predicted octanol–water partition coefficient (Wildman–Crippen LogP) is 11.4. The predicted molar refractivity (Wildman–Crippen MR) is 211 cm³/mol. The minimum absolute atomic E-state index is 0.0337. The molecule has 0 fully saturated rings. The minimum atomic E-state index is -4.36. The first-order valence-corrected chi connectivity index (χ1v) is 22.4. The third-order valence-corrected chi connectivity index (χ3v) is 10.0. The third kappa shape index (κ3) is 38.3. The normalized spacial score (nSPS) is 13.8. The number of ether oxygens (including phenoxy) is 2. The molecular weight excluding hydrogens is 665 g/mol. The maximum atomic E-state index is 12.6. The topological polar surface area (TPSA) is 108 Å². The van der Waals surface area contributed by atoms with Gasteiger partial charge in [0.05, 0.1) is 27.7 Å². The number of quaternary nitrogens is 1. The second-order valence-electron chi connectivity index (χ2n) is 15.4. The second kappa shape index (κ2) is 34.5. The van der Waals surface area contributed by atoms with E-state index in [4.69, 9.17) is 18.5 Å². The fourth-order valence-corrected chi connectivity index (χ4v) is 6.46. The summed E-state index contributed by atoms with van der Waals surface area (Å²) in [7, 11) is 1.48. The van der Waals surface area contributed by atoms with Crippen LogP contribution in [0.3, 0.4) is 0 Å². The molecule has 0 spiro atoms. The molecule has 0 aromatic carbocycles. The first-order valence-electron chi connectivity index (χ1n) is 20.9.